The summed E-state index contributed by atoms with van der Waals surface area (Å²) in [6, 6.07) is 11.4. The summed E-state index contributed by atoms with van der Waals surface area (Å²) in [6.07, 6.45) is -4.39. The van der Waals surface area contributed by atoms with Crippen molar-refractivity contribution in [1.29, 1.82) is 0 Å². The van der Waals surface area contributed by atoms with Crippen LogP contribution in [-0.2, 0) is 11.0 Å². The van der Waals surface area contributed by atoms with Gasteiger partial charge in [0.15, 0.2) is 0 Å². The van der Waals surface area contributed by atoms with Gasteiger partial charge in [0.25, 0.3) is 0 Å². The molecule has 0 radical (unpaired) electrons. The molecule has 2 rings (SSSR count). The van der Waals surface area contributed by atoms with Gasteiger partial charge in [-0.25, -0.2) is 0 Å². The van der Waals surface area contributed by atoms with E-state index in [4.69, 9.17) is 11.6 Å². The summed E-state index contributed by atoms with van der Waals surface area (Å²) in [7, 11) is 0. The molecule has 0 heterocycles. The van der Waals surface area contributed by atoms with Gasteiger partial charge >= 0.3 is 6.18 Å². The van der Waals surface area contributed by atoms with E-state index in [0.29, 0.717) is 10.7 Å². The normalized spacial score (nSPS) is 12.7. The lowest BCUT2D eigenvalue weighted by molar-refractivity contribution is -0.137. The fourth-order valence-electron chi connectivity index (χ4n) is 1.76. The van der Waals surface area contributed by atoms with Crippen LogP contribution in [-0.4, -0.2) is 11.2 Å². The number of amides is 1. The monoisotopic (exact) mass is 359 g/mol. The van der Waals surface area contributed by atoms with Gasteiger partial charge in [-0.3, -0.25) is 4.79 Å². The maximum atomic E-state index is 12.5. The second kappa shape index (κ2) is 7.27. The van der Waals surface area contributed by atoms with Gasteiger partial charge in [0, 0.05) is 15.6 Å². The third kappa shape index (κ3) is 5.18. The van der Waals surface area contributed by atoms with Crippen LogP contribution in [0.2, 0.25) is 5.02 Å². The summed E-state index contributed by atoms with van der Waals surface area (Å²) in [5.74, 6) is -0.287. The van der Waals surface area contributed by atoms with Crippen LogP contribution in [0.25, 0.3) is 0 Å². The van der Waals surface area contributed by atoms with Crippen molar-refractivity contribution < 1.29 is 18.0 Å². The van der Waals surface area contributed by atoms with Crippen LogP contribution < -0.4 is 5.32 Å². The first kappa shape index (κ1) is 17.7. The molecule has 1 N–H and O–H groups in total. The Hall–Kier alpha value is -1.66. The topological polar surface area (TPSA) is 29.1 Å². The van der Waals surface area contributed by atoms with Crippen LogP contribution in [0.15, 0.2) is 53.4 Å². The molecule has 1 unspecified atom stereocenters. The molecule has 0 aromatic heterocycles. The van der Waals surface area contributed by atoms with E-state index >= 15 is 0 Å². The zero-order valence-electron chi connectivity index (χ0n) is 12.0. The van der Waals surface area contributed by atoms with Crippen molar-refractivity contribution in [2.45, 2.75) is 23.2 Å². The number of anilines is 1. The maximum absolute atomic E-state index is 12.5. The van der Waals surface area contributed by atoms with Crippen molar-refractivity contribution >= 4 is 35.0 Å². The van der Waals surface area contributed by atoms with Crippen molar-refractivity contribution in [3.63, 3.8) is 0 Å². The zero-order valence-corrected chi connectivity index (χ0v) is 13.6. The number of nitrogens with one attached hydrogen (secondary N) is 1. The number of rotatable bonds is 4. The third-order valence-corrected chi connectivity index (χ3v) is 4.34. The molecule has 7 heteroatoms. The fraction of sp³-hybridized carbons (Fsp3) is 0.188. The second-order valence-corrected chi connectivity index (χ2v) is 6.63. The van der Waals surface area contributed by atoms with Crippen LogP contribution >= 0.6 is 23.4 Å². The summed E-state index contributed by atoms with van der Waals surface area (Å²) in [6.45, 7) is 1.72. The SMILES string of the molecule is CC(Sc1ccc(Cl)cc1)C(=O)Nc1ccc(C(F)(F)F)cc1. The molecule has 2 aromatic carbocycles. The van der Waals surface area contributed by atoms with Crippen molar-refractivity contribution in [2.75, 3.05) is 5.32 Å². The predicted molar refractivity (Wildman–Crippen MR) is 86.8 cm³/mol. The summed E-state index contributed by atoms with van der Waals surface area (Å²) in [5, 5.41) is 2.80. The second-order valence-electron chi connectivity index (χ2n) is 4.78. The lowest BCUT2D eigenvalue weighted by Gasteiger charge is -2.13. The molecule has 2 nitrogen and oxygen atoms in total. The molecule has 1 atom stereocenters. The van der Waals surface area contributed by atoms with Crippen LogP contribution in [0.1, 0.15) is 12.5 Å². The number of carbonyl (C=O) groups is 1. The highest BCUT2D eigenvalue weighted by Crippen LogP contribution is 2.30. The molecule has 0 spiro atoms. The Kier molecular flexibility index (Phi) is 5.59. The lowest BCUT2D eigenvalue weighted by Crippen LogP contribution is -2.22. The Morgan fingerprint density at radius 1 is 1.09 bits per heavy atom. The Labute approximate surface area is 141 Å². The first-order chi connectivity index (χ1) is 10.8. The summed E-state index contributed by atoms with van der Waals surface area (Å²) < 4.78 is 37.4. The fourth-order valence-corrected chi connectivity index (χ4v) is 2.75. The van der Waals surface area contributed by atoms with Gasteiger partial charge in [-0.05, 0) is 55.5 Å². The number of hydrogen-bond donors (Lipinski definition) is 1. The minimum atomic E-state index is -4.39. The summed E-state index contributed by atoms with van der Waals surface area (Å²) >= 11 is 7.13. The molecule has 1 amide bonds. The van der Waals surface area contributed by atoms with Crippen LogP contribution in [0.5, 0.6) is 0 Å². The Morgan fingerprint density at radius 3 is 2.17 bits per heavy atom. The number of hydrogen-bond acceptors (Lipinski definition) is 2. The molecule has 0 aliphatic heterocycles. The van der Waals surface area contributed by atoms with Crippen molar-refractivity contribution in [1.82, 2.24) is 0 Å². The summed E-state index contributed by atoms with van der Waals surface area (Å²) in [4.78, 5) is 13.0. The van der Waals surface area contributed by atoms with Gasteiger partial charge in [-0.1, -0.05) is 11.6 Å². The molecule has 0 saturated heterocycles. The molecule has 0 saturated carbocycles. The van der Waals surface area contributed by atoms with Crippen LogP contribution in [0.3, 0.4) is 0 Å². The zero-order chi connectivity index (χ0) is 17.0. The largest absolute Gasteiger partial charge is 0.416 e. The van der Waals surface area contributed by atoms with Gasteiger partial charge in [0.05, 0.1) is 10.8 Å². The first-order valence-corrected chi connectivity index (χ1v) is 7.92. The average molecular weight is 360 g/mol. The van der Waals surface area contributed by atoms with Gasteiger partial charge in [0.2, 0.25) is 5.91 Å². The molecule has 122 valence electrons. The highest BCUT2D eigenvalue weighted by Gasteiger charge is 2.30. The lowest BCUT2D eigenvalue weighted by atomic mass is 10.2. The van der Waals surface area contributed by atoms with E-state index in [1.54, 1.807) is 31.2 Å². The van der Waals surface area contributed by atoms with Gasteiger partial charge in [0.1, 0.15) is 0 Å². The van der Waals surface area contributed by atoms with E-state index in [2.05, 4.69) is 5.32 Å². The summed E-state index contributed by atoms with van der Waals surface area (Å²) in [5.41, 5.74) is -0.425. The molecule has 0 bridgehead atoms. The number of halogens is 4. The number of thioether (sulfide) groups is 1. The van der Waals surface area contributed by atoms with Crippen molar-refractivity contribution in [3.05, 3.63) is 59.1 Å². The standard InChI is InChI=1S/C16H13ClF3NOS/c1-10(23-14-8-4-12(17)5-9-14)15(22)21-13-6-2-11(3-7-13)16(18,19)20/h2-10H,1H3,(H,21,22). The Bertz CT molecular complexity index is 671. The van der Waals surface area contributed by atoms with E-state index < -0.39 is 17.0 Å². The van der Waals surface area contributed by atoms with Gasteiger partial charge in [-0.2, -0.15) is 13.2 Å². The molecule has 2 aromatic rings. The number of alkyl halides is 3. The Balaban J connectivity index is 1.96. The van der Waals surface area contributed by atoms with E-state index in [-0.39, 0.29) is 5.91 Å². The predicted octanol–water partition coefficient (Wildman–Crippen LogP) is 5.48. The van der Waals surface area contributed by atoms with E-state index in [0.717, 1.165) is 17.0 Å². The molecule has 0 fully saturated rings. The van der Waals surface area contributed by atoms with Crippen LogP contribution in [0.4, 0.5) is 18.9 Å². The van der Waals surface area contributed by atoms with Gasteiger partial charge < -0.3 is 5.32 Å². The number of benzene rings is 2. The van der Waals surface area contributed by atoms with Crippen molar-refractivity contribution in [3.8, 4) is 0 Å². The van der Waals surface area contributed by atoms with Crippen molar-refractivity contribution in [2.24, 2.45) is 0 Å². The van der Waals surface area contributed by atoms with E-state index in [9.17, 15) is 18.0 Å². The molecule has 0 aliphatic rings. The highest BCUT2D eigenvalue weighted by atomic mass is 35.5. The molecular formula is C16H13ClF3NOS. The smallest absolute Gasteiger partial charge is 0.325 e. The molecule has 0 aliphatic carbocycles. The quantitative estimate of drug-likeness (QED) is 0.732. The minimum Gasteiger partial charge on any atom is -0.325 e. The minimum absolute atomic E-state index is 0.287. The average Bonchev–Trinajstić information content (AvgIpc) is 2.49. The number of carbonyl (C=O) groups excluding carboxylic acids is 1. The van der Waals surface area contributed by atoms with Gasteiger partial charge in [-0.15, -0.1) is 11.8 Å². The first-order valence-electron chi connectivity index (χ1n) is 6.66. The van der Waals surface area contributed by atoms with E-state index in [1.165, 1.54) is 23.9 Å². The molecular weight excluding hydrogens is 347 g/mol. The Morgan fingerprint density at radius 2 is 1.65 bits per heavy atom. The molecule has 23 heavy (non-hydrogen) atoms. The van der Waals surface area contributed by atoms with Crippen LogP contribution in [0, 0.1) is 0 Å². The highest BCUT2D eigenvalue weighted by molar-refractivity contribution is 8.00. The third-order valence-electron chi connectivity index (χ3n) is 2.98. The van der Waals surface area contributed by atoms with E-state index in [1.807, 2.05) is 0 Å². The maximum Gasteiger partial charge on any atom is 0.416 e.